The van der Waals surface area contributed by atoms with E-state index in [4.69, 9.17) is 5.73 Å². The Kier molecular flexibility index (Phi) is 6.68. The Bertz CT molecular complexity index is 401. The van der Waals surface area contributed by atoms with Crippen molar-refractivity contribution in [2.45, 2.75) is 64.5 Å². The predicted molar refractivity (Wildman–Crippen MR) is 89.8 cm³/mol. The van der Waals surface area contributed by atoms with Crippen LogP contribution in [0.1, 0.15) is 52.9 Å². The van der Waals surface area contributed by atoms with E-state index in [1.807, 2.05) is 18.7 Å². The van der Waals surface area contributed by atoms with E-state index in [0.717, 1.165) is 18.8 Å². The SMILES string of the molecule is CC1CCC(N2CC(C(=O)NCC(C)(C)N)CC2=O)CC1.Cl. The highest BCUT2D eigenvalue weighted by Gasteiger charge is 2.38. The Hall–Kier alpha value is -0.810. The summed E-state index contributed by atoms with van der Waals surface area (Å²) in [6.45, 7) is 7.05. The van der Waals surface area contributed by atoms with Crippen LogP contribution >= 0.6 is 12.4 Å². The van der Waals surface area contributed by atoms with Crippen LogP contribution in [0.4, 0.5) is 0 Å². The summed E-state index contributed by atoms with van der Waals surface area (Å²) in [5.41, 5.74) is 5.46. The summed E-state index contributed by atoms with van der Waals surface area (Å²) in [5, 5.41) is 2.87. The fourth-order valence-corrected chi connectivity index (χ4v) is 3.27. The van der Waals surface area contributed by atoms with Crippen molar-refractivity contribution in [3.8, 4) is 0 Å². The number of likely N-dealkylation sites (tertiary alicyclic amines) is 1. The smallest absolute Gasteiger partial charge is 0.225 e. The molecule has 128 valence electrons. The van der Waals surface area contributed by atoms with Crippen LogP contribution in [0.15, 0.2) is 0 Å². The monoisotopic (exact) mass is 331 g/mol. The minimum Gasteiger partial charge on any atom is -0.354 e. The molecule has 2 rings (SSSR count). The van der Waals surface area contributed by atoms with Crippen LogP contribution in [-0.2, 0) is 9.59 Å². The van der Waals surface area contributed by atoms with Gasteiger partial charge in [-0.05, 0) is 45.4 Å². The molecule has 1 saturated heterocycles. The number of hydrogen-bond donors (Lipinski definition) is 2. The number of nitrogens with two attached hydrogens (primary N) is 1. The first kappa shape index (κ1) is 19.2. The summed E-state index contributed by atoms with van der Waals surface area (Å²) in [7, 11) is 0. The Balaban J connectivity index is 0.00000242. The quantitative estimate of drug-likeness (QED) is 0.823. The first-order chi connectivity index (χ1) is 9.76. The molecule has 0 bridgehead atoms. The fourth-order valence-electron chi connectivity index (χ4n) is 3.27. The number of hydrogen-bond acceptors (Lipinski definition) is 3. The van der Waals surface area contributed by atoms with Crippen molar-refractivity contribution >= 4 is 24.2 Å². The average Bonchev–Trinajstić information content (AvgIpc) is 2.78. The van der Waals surface area contributed by atoms with Crippen molar-refractivity contribution in [1.82, 2.24) is 10.2 Å². The molecule has 0 aromatic heterocycles. The minimum absolute atomic E-state index is 0. The highest BCUT2D eigenvalue weighted by Crippen LogP contribution is 2.31. The molecule has 1 atom stereocenters. The molecule has 1 unspecified atom stereocenters. The molecule has 1 aliphatic heterocycles. The topological polar surface area (TPSA) is 75.4 Å². The van der Waals surface area contributed by atoms with E-state index in [-0.39, 0.29) is 30.1 Å². The molecule has 2 aliphatic rings. The molecule has 0 spiro atoms. The summed E-state index contributed by atoms with van der Waals surface area (Å²) >= 11 is 0. The molecule has 3 N–H and O–H groups in total. The van der Waals surface area contributed by atoms with Gasteiger partial charge in [-0.1, -0.05) is 6.92 Å². The lowest BCUT2D eigenvalue weighted by atomic mass is 9.87. The first-order valence-electron chi connectivity index (χ1n) is 8.12. The molecule has 0 aromatic carbocycles. The second-order valence-corrected chi connectivity index (χ2v) is 7.57. The molecule has 0 radical (unpaired) electrons. The molecule has 22 heavy (non-hydrogen) atoms. The standard InChI is InChI=1S/C16H29N3O2.ClH/c1-11-4-6-13(7-5-11)19-9-12(8-14(19)20)15(21)18-10-16(2,3)17;/h11-13H,4-10,17H2,1-3H3,(H,18,21);1H. The van der Waals surface area contributed by atoms with Crippen molar-refractivity contribution in [3.05, 3.63) is 0 Å². The number of rotatable bonds is 4. The van der Waals surface area contributed by atoms with Crippen LogP contribution in [0.25, 0.3) is 0 Å². The first-order valence-corrected chi connectivity index (χ1v) is 8.12. The molecule has 6 heteroatoms. The molecule has 1 heterocycles. The zero-order valence-corrected chi connectivity index (χ0v) is 14.7. The van der Waals surface area contributed by atoms with E-state index in [1.165, 1.54) is 12.8 Å². The molecular formula is C16H30ClN3O2. The van der Waals surface area contributed by atoms with Gasteiger partial charge >= 0.3 is 0 Å². The predicted octanol–water partition coefficient (Wildman–Crippen LogP) is 1.69. The largest absolute Gasteiger partial charge is 0.354 e. The van der Waals surface area contributed by atoms with Gasteiger partial charge in [-0.2, -0.15) is 0 Å². The van der Waals surface area contributed by atoms with E-state index in [1.54, 1.807) is 0 Å². The van der Waals surface area contributed by atoms with Crippen molar-refractivity contribution in [3.63, 3.8) is 0 Å². The van der Waals surface area contributed by atoms with Crippen LogP contribution in [0.2, 0.25) is 0 Å². The third-order valence-corrected chi connectivity index (χ3v) is 4.67. The maximum atomic E-state index is 12.2. The molecule has 5 nitrogen and oxygen atoms in total. The van der Waals surface area contributed by atoms with Crippen LogP contribution < -0.4 is 11.1 Å². The second kappa shape index (κ2) is 7.64. The molecule has 0 aromatic rings. The van der Waals surface area contributed by atoms with E-state index in [2.05, 4.69) is 12.2 Å². The zero-order chi connectivity index (χ0) is 15.6. The van der Waals surface area contributed by atoms with Gasteiger partial charge in [0.15, 0.2) is 0 Å². The number of halogens is 1. The van der Waals surface area contributed by atoms with Gasteiger partial charge in [-0.25, -0.2) is 0 Å². The molecule has 1 aliphatic carbocycles. The summed E-state index contributed by atoms with van der Waals surface area (Å²) in [5.74, 6) is 0.666. The maximum Gasteiger partial charge on any atom is 0.225 e. The minimum atomic E-state index is -0.419. The van der Waals surface area contributed by atoms with Crippen molar-refractivity contribution in [1.29, 1.82) is 0 Å². The van der Waals surface area contributed by atoms with Gasteiger partial charge in [0.25, 0.3) is 0 Å². The van der Waals surface area contributed by atoms with Crippen LogP contribution in [0.5, 0.6) is 0 Å². The van der Waals surface area contributed by atoms with Crippen LogP contribution in [0, 0.1) is 11.8 Å². The summed E-state index contributed by atoms with van der Waals surface area (Å²) in [4.78, 5) is 26.3. The van der Waals surface area contributed by atoms with Gasteiger partial charge in [-0.15, -0.1) is 12.4 Å². The summed E-state index contributed by atoms with van der Waals surface area (Å²) < 4.78 is 0. The van der Waals surface area contributed by atoms with Gasteiger partial charge in [0.05, 0.1) is 5.92 Å². The van der Waals surface area contributed by atoms with Crippen molar-refractivity contribution in [2.24, 2.45) is 17.6 Å². The number of amides is 2. The van der Waals surface area contributed by atoms with Crippen molar-refractivity contribution in [2.75, 3.05) is 13.1 Å². The van der Waals surface area contributed by atoms with Crippen molar-refractivity contribution < 1.29 is 9.59 Å². The molecule has 2 fully saturated rings. The average molecular weight is 332 g/mol. The van der Waals surface area contributed by atoms with Crippen LogP contribution in [-0.4, -0.2) is 41.4 Å². The lowest BCUT2D eigenvalue weighted by molar-refractivity contribution is -0.131. The Labute approximate surface area is 139 Å². The lowest BCUT2D eigenvalue weighted by Crippen LogP contribution is -2.47. The third-order valence-electron chi connectivity index (χ3n) is 4.67. The summed E-state index contributed by atoms with van der Waals surface area (Å²) in [6, 6.07) is 0.345. The fraction of sp³-hybridized carbons (Fsp3) is 0.875. The highest BCUT2D eigenvalue weighted by molar-refractivity contribution is 5.89. The molecule has 2 amide bonds. The van der Waals surface area contributed by atoms with Crippen LogP contribution in [0.3, 0.4) is 0 Å². The van der Waals surface area contributed by atoms with E-state index >= 15 is 0 Å². The maximum absolute atomic E-state index is 12.2. The summed E-state index contributed by atoms with van der Waals surface area (Å²) in [6.07, 6.45) is 4.89. The Morgan fingerprint density at radius 2 is 1.91 bits per heavy atom. The second-order valence-electron chi connectivity index (χ2n) is 7.57. The van der Waals surface area contributed by atoms with E-state index in [0.29, 0.717) is 25.6 Å². The number of carbonyl (C=O) groups is 2. The van der Waals surface area contributed by atoms with Gasteiger partial charge in [-0.3, -0.25) is 9.59 Å². The third kappa shape index (κ3) is 5.13. The van der Waals surface area contributed by atoms with Gasteiger partial charge < -0.3 is 16.0 Å². The van der Waals surface area contributed by atoms with E-state index < -0.39 is 5.54 Å². The number of carbonyl (C=O) groups excluding carboxylic acids is 2. The highest BCUT2D eigenvalue weighted by atomic mass is 35.5. The van der Waals surface area contributed by atoms with Gasteiger partial charge in [0.1, 0.15) is 0 Å². The molecule has 1 saturated carbocycles. The Morgan fingerprint density at radius 1 is 1.32 bits per heavy atom. The lowest BCUT2D eigenvalue weighted by Gasteiger charge is -2.33. The Morgan fingerprint density at radius 3 is 2.45 bits per heavy atom. The number of nitrogens with zero attached hydrogens (tertiary/aromatic N) is 1. The van der Waals surface area contributed by atoms with Gasteiger partial charge in [0, 0.05) is 31.1 Å². The van der Waals surface area contributed by atoms with E-state index in [9.17, 15) is 9.59 Å². The van der Waals surface area contributed by atoms with Gasteiger partial charge in [0.2, 0.25) is 11.8 Å². The molecular weight excluding hydrogens is 302 g/mol. The zero-order valence-electron chi connectivity index (χ0n) is 13.9. The normalized spacial score (nSPS) is 29.2. The number of nitrogens with one attached hydrogen (secondary N) is 1.